The minimum Gasteiger partial charge on any atom is -0.351 e. The minimum absolute atomic E-state index is 0.167. The van der Waals surface area contributed by atoms with E-state index in [-0.39, 0.29) is 12.1 Å². The number of thiocarbonyl (C=S) groups is 1. The molecule has 0 saturated carbocycles. The Hall–Kier alpha value is -3.69. The zero-order chi connectivity index (χ0) is 26.3. The zero-order valence-corrected chi connectivity index (χ0v) is 22.8. The first-order chi connectivity index (χ1) is 17.6. The molecule has 0 aliphatic carbocycles. The van der Waals surface area contributed by atoms with Crippen molar-refractivity contribution in [1.82, 2.24) is 14.9 Å². The maximum Gasteiger partial charge on any atom is 0.229 e. The van der Waals surface area contributed by atoms with Gasteiger partial charge in [-0.2, -0.15) is 0 Å². The van der Waals surface area contributed by atoms with Gasteiger partial charge in [0.25, 0.3) is 0 Å². The Kier molecular flexibility index (Phi) is 6.51. The third kappa shape index (κ3) is 4.84. The summed E-state index contributed by atoms with van der Waals surface area (Å²) in [6, 6.07) is 23.7. The van der Waals surface area contributed by atoms with Gasteiger partial charge in [0, 0.05) is 29.0 Å². The van der Waals surface area contributed by atoms with Crippen molar-refractivity contribution in [3.63, 3.8) is 0 Å². The lowest BCUT2D eigenvalue weighted by molar-refractivity contribution is 0.565. The van der Waals surface area contributed by atoms with Crippen molar-refractivity contribution in [3.05, 3.63) is 107 Å². The highest BCUT2D eigenvalue weighted by Gasteiger charge is 2.42. The summed E-state index contributed by atoms with van der Waals surface area (Å²) in [5, 5.41) is 4.10. The van der Waals surface area contributed by atoms with E-state index in [0.717, 1.165) is 45.8 Å². The van der Waals surface area contributed by atoms with E-state index in [1.54, 1.807) is 12.3 Å². The maximum atomic E-state index is 11.8. The van der Waals surface area contributed by atoms with Crippen molar-refractivity contribution in [2.75, 3.05) is 15.9 Å². The molecule has 1 aliphatic heterocycles. The number of anilines is 2. The standard InChI is InChI=1S/C28H29N5O2S2/c1-18-16-22(13-14-24(18)31-37(4,34)35)33-27(26(30-28(33)36)25-12-8-9-15-29-25)23-17-19(2)32(20(23)3)21-10-6-5-7-11-21/h5-17,26-27,31H,1-4H3,(H,30,36)/t26-,27+/m1/s1. The van der Waals surface area contributed by atoms with Crippen molar-refractivity contribution in [3.8, 4) is 5.69 Å². The van der Waals surface area contributed by atoms with Crippen LogP contribution in [0.4, 0.5) is 11.4 Å². The van der Waals surface area contributed by atoms with Crippen LogP contribution in [0, 0.1) is 20.8 Å². The Morgan fingerprint density at radius 3 is 2.32 bits per heavy atom. The number of aryl methyl sites for hydroxylation is 2. The van der Waals surface area contributed by atoms with Crippen LogP contribution >= 0.6 is 12.2 Å². The Labute approximate surface area is 223 Å². The summed E-state index contributed by atoms with van der Waals surface area (Å²) in [5.74, 6) is 0. The van der Waals surface area contributed by atoms with Crippen LogP contribution in [0.2, 0.25) is 0 Å². The molecule has 5 rings (SSSR count). The number of pyridine rings is 1. The summed E-state index contributed by atoms with van der Waals surface area (Å²) in [4.78, 5) is 6.77. The zero-order valence-electron chi connectivity index (χ0n) is 21.1. The second-order valence-electron chi connectivity index (χ2n) is 9.37. The largest absolute Gasteiger partial charge is 0.351 e. The topological polar surface area (TPSA) is 79.3 Å². The van der Waals surface area contributed by atoms with Gasteiger partial charge in [-0.05, 0) is 92.6 Å². The second-order valence-corrected chi connectivity index (χ2v) is 11.5. The number of nitrogens with zero attached hydrogens (tertiary/aromatic N) is 3. The van der Waals surface area contributed by atoms with Crippen LogP contribution in [0.15, 0.2) is 79.0 Å². The van der Waals surface area contributed by atoms with Gasteiger partial charge in [0.2, 0.25) is 10.0 Å². The highest BCUT2D eigenvalue weighted by molar-refractivity contribution is 7.92. The Morgan fingerprint density at radius 2 is 1.68 bits per heavy atom. The third-order valence-corrected chi connectivity index (χ3v) is 7.59. The summed E-state index contributed by atoms with van der Waals surface area (Å²) in [5.41, 5.74) is 7.62. The van der Waals surface area contributed by atoms with Crippen LogP contribution in [-0.4, -0.2) is 29.3 Å². The Morgan fingerprint density at radius 1 is 0.946 bits per heavy atom. The Bertz CT molecular complexity index is 1570. The number of rotatable bonds is 6. The predicted molar refractivity (Wildman–Crippen MR) is 153 cm³/mol. The lowest BCUT2D eigenvalue weighted by atomic mass is 9.96. The molecule has 2 aromatic carbocycles. The van der Waals surface area contributed by atoms with Crippen molar-refractivity contribution >= 4 is 38.7 Å². The molecule has 37 heavy (non-hydrogen) atoms. The van der Waals surface area contributed by atoms with Gasteiger partial charge in [0.05, 0.1) is 29.7 Å². The van der Waals surface area contributed by atoms with Crippen LogP contribution < -0.4 is 14.9 Å². The molecule has 0 spiro atoms. The predicted octanol–water partition coefficient (Wildman–Crippen LogP) is 5.35. The van der Waals surface area contributed by atoms with Gasteiger partial charge < -0.3 is 14.8 Å². The van der Waals surface area contributed by atoms with Crippen molar-refractivity contribution in [2.24, 2.45) is 0 Å². The number of para-hydroxylation sites is 1. The first-order valence-corrected chi connectivity index (χ1v) is 14.3. The van der Waals surface area contributed by atoms with Gasteiger partial charge in [-0.1, -0.05) is 24.3 Å². The average Bonchev–Trinajstić information content (AvgIpc) is 3.35. The molecule has 190 valence electrons. The molecule has 7 nitrogen and oxygen atoms in total. The van der Waals surface area contributed by atoms with E-state index in [9.17, 15) is 8.42 Å². The SMILES string of the molecule is Cc1cc(N2C(=S)N[C@H](c3ccccn3)[C@@H]2c2cc(C)n(-c3ccccc3)c2C)ccc1NS(C)(=O)=O. The molecule has 0 amide bonds. The highest BCUT2D eigenvalue weighted by atomic mass is 32.2. The summed E-state index contributed by atoms with van der Waals surface area (Å²) in [6.45, 7) is 6.13. The van der Waals surface area contributed by atoms with E-state index in [0.29, 0.717) is 10.8 Å². The molecule has 1 aliphatic rings. The van der Waals surface area contributed by atoms with E-state index in [2.05, 4.69) is 56.5 Å². The van der Waals surface area contributed by atoms with E-state index >= 15 is 0 Å². The van der Waals surface area contributed by atoms with E-state index < -0.39 is 10.0 Å². The summed E-state index contributed by atoms with van der Waals surface area (Å²) in [7, 11) is -3.39. The molecule has 2 N–H and O–H groups in total. The fourth-order valence-electron chi connectivity index (χ4n) is 5.12. The van der Waals surface area contributed by atoms with Crippen LogP contribution in [0.3, 0.4) is 0 Å². The van der Waals surface area contributed by atoms with Crippen LogP contribution in [0.5, 0.6) is 0 Å². The number of sulfonamides is 1. The molecule has 2 aromatic heterocycles. The van der Waals surface area contributed by atoms with Gasteiger partial charge in [0.1, 0.15) is 0 Å². The molecule has 1 saturated heterocycles. The van der Waals surface area contributed by atoms with Gasteiger partial charge in [-0.15, -0.1) is 0 Å². The summed E-state index contributed by atoms with van der Waals surface area (Å²) in [6.07, 6.45) is 2.94. The molecule has 0 radical (unpaired) electrons. The number of aromatic nitrogens is 2. The number of nitrogens with one attached hydrogen (secondary N) is 2. The molecule has 2 atom stereocenters. The normalized spacial score (nSPS) is 17.6. The molecule has 0 unspecified atom stereocenters. The number of hydrogen-bond donors (Lipinski definition) is 2. The van der Waals surface area contributed by atoms with Gasteiger partial charge >= 0.3 is 0 Å². The van der Waals surface area contributed by atoms with Crippen molar-refractivity contribution < 1.29 is 8.42 Å². The van der Waals surface area contributed by atoms with Crippen LogP contribution in [0.1, 0.15) is 40.3 Å². The van der Waals surface area contributed by atoms with Gasteiger partial charge in [-0.25, -0.2) is 8.42 Å². The fraction of sp³-hybridized carbons (Fsp3) is 0.214. The van der Waals surface area contributed by atoms with Crippen LogP contribution in [0.25, 0.3) is 5.69 Å². The first kappa shape index (κ1) is 25.0. The number of hydrogen-bond acceptors (Lipinski definition) is 4. The second kappa shape index (κ2) is 9.64. The molecule has 4 aromatic rings. The van der Waals surface area contributed by atoms with E-state index in [4.69, 9.17) is 12.2 Å². The highest BCUT2D eigenvalue weighted by Crippen LogP contribution is 2.44. The first-order valence-electron chi connectivity index (χ1n) is 12.0. The monoisotopic (exact) mass is 531 g/mol. The van der Waals surface area contributed by atoms with Crippen molar-refractivity contribution in [1.29, 1.82) is 0 Å². The average molecular weight is 532 g/mol. The lowest BCUT2D eigenvalue weighted by Crippen LogP contribution is -2.29. The molecule has 9 heteroatoms. The molecular formula is C28H29N5O2S2. The van der Waals surface area contributed by atoms with Crippen LogP contribution in [-0.2, 0) is 10.0 Å². The molecule has 0 bridgehead atoms. The number of benzene rings is 2. The molecule has 3 heterocycles. The smallest absolute Gasteiger partial charge is 0.229 e. The fourth-order valence-corrected chi connectivity index (χ4v) is 6.10. The van der Waals surface area contributed by atoms with E-state index in [1.807, 2.05) is 55.5 Å². The summed E-state index contributed by atoms with van der Waals surface area (Å²) >= 11 is 5.89. The Balaban J connectivity index is 1.65. The quantitative estimate of drug-likeness (QED) is 0.327. The van der Waals surface area contributed by atoms with E-state index in [1.165, 1.54) is 0 Å². The third-order valence-electron chi connectivity index (χ3n) is 6.68. The molecule has 1 fully saturated rings. The maximum absolute atomic E-state index is 11.8. The van der Waals surface area contributed by atoms with Gasteiger partial charge in [-0.3, -0.25) is 9.71 Å². The van der Waals surface area contributed by atoms with Crippen molar-refractivity contribution in [2.45, 2.75) is 32.9 Å². The minimum atomic E-state index is -3.39. The summed E-state index contributed by atoms with van der Waals surface area (Å²) < 4.78 is 28.5. The molecular weight excluding hydrogens is 502 g/mol. The van der Waals surface area contributed by atoms with Gasteiger partial charge in [0.15, 0.2) is 5.11 Å². The lowest BCUT2D eigenvalue weighted by Gasteiger charge is -2.29.